The molecule has 0 unspecified atom stereocenters. The van der Waals surface area contributed by atoms with Crippen molar-refractivity contribution >= 4 is 5.91 Å². The fraction of sp³-hybridized carbons (Fsp3) is 0.278. The number of hydrogen-bond acceptors (Lipinski definition) is 2. The maximum atomic E-state index is 12.3. The van der Waals surface area contributed by atoms with Gasteiger partial charge in [-0.2, -0.15) is 0 Å². The fourth-order valence-electron chi connectivity index (χ4n) is 1.98. The summed E-state index contributed by atoms with van der Waals surface area (Å²) < 4.78 is 5.61. The average Bonchev–Trinajstić information content (AvgIpc) is 2.52. The van der Waals surface area contributed by atoms with Crippen molar-refractivity contribution in [2.75, 3.05) is 6.61 Å². The number of carbonyl (C=O) groups is 1. The SMILES string of the molecule is CCCOc1ccccc1C(=O)NCc1ccc(C)cc1. The van der Waals surface area contributed by atoms with Crippen LogP contribution in [0.15, 0.2) is 48.5 Å². The third kappa shape index (κ3) is 4.35. The molecule has 0 aliphatic heterocycles. The zero-order valence-corrected chi connectivity index (χ0v) is 12.6. The Bertz CT molecular complexity index is 590. The van der Waals surface area contributed by atoms with Crippen molar-refractivity contribution in [2.24, 2.45) is 0 Å². The van der Waals surface area contributed by atoms with Crippen molar-refractivity contribution in [2.45, 2.75) is 26.8 Å². The van der Waals surface area contributed by atoms with E-state index in [4.69, 9.17) is 4.74 Å². The van der Waals surface area contributed by atoms with Gasteiger partial charge in [0, 0.05) is 6.54 Å². The predicted octanol–water partition coefficient (Wildman–Crippen LogP) is 3.71. The van der Waals surface area contributed by atoms with Crippen molar-refractivity contribution in [3.8, 4) is 5.75 Å². The molecule has 2 rings (SSSR count). The lowest BCUT2D eigenvalue weighted by Gasteiger charge is -2.11. The minimum absolute atomic E-state index is 0.109. The monoisotopic (exact) mass is 283 g/mol. The normalized spacial score (nSPS) is 10.2. The van der Waals surface area contributed by atoms with Gasteiger partial charge in [0.2, 0.25) is 0 Å². The number of para-hydroxylation sites is 1. The number of rotatable bonds is 6. The molecule has 0 aliphatic carbocycles. The number of carbonyl (C=O) groups excluding carboxylic acids is 1. The van der Waals surface area contributed by atoms with Crippen LogP contribution in [0.2, 0.25) is 0 Å². The molecular formula is C18H21NO2. The van der Waals surface area contributed by atoms with Crippen LogP contribution in [0.4, 0.5) is 0 Å². The van der Waals surface area contributed by atoms with E-state index in [9.17, 15) is 4.79 Å². The summed E-state index contributed by atoms with van der Waals surface area (Å²) in [7, 11) is 0. The first kappa shape index (κ1) is 15.1. The van der Waals surface area contributed by atoms with Gasteiger partial charge in [0.05, 0.1) is 12.2 Å². The fourth-order valence-corrected chi connectivity index (χ4v) is 1.98. The molecule has 1 N–H and O–H groups in total. The largest absolute Gasteiger partial charge is 0.493 e. The van der Waals surface area contributed by atoms with Crippen molar-refractivity contribution < 1.29 is 9.53 Å². The Morgan fingerprint density at radius 3 is 2.52 bits per heavy atom. The molecule has 0 spiro atoms. The first-order valence-electron chi connectivity index (χ1n) is 7.26. The topological polar surface area (TPSA) is 38.3 Å². The second kappa shape index (κ2) is 7.48. The molecule has 2 aromatic carbocycles. The van der Waals surface area contributed by atoms with Gasteiger partial charge in [0.1, 0.15) is 5.75 Å². The standard InChI is InChI=1S/C18H21NO2/c1-3-12-21-17-7-5-4-6-16(17)18(20)19-13-15-10-8-14(2)9-11-15/h4-11H,3,12-13H2,1-2H3,(H,19,20). The maximum Gasteiger partial charge on any atom is 0.255 e. The van der Waals surface area contributed by atoms with Crippen LogP contribution >= 0.6 is 0 Å². The van der Waals surface area contributed by atoms with Gasteiger partial charge in [-0.15, -0.1) is 0 Å². The van der Waals surface area contributed by atoms with Crippen LogP contribution in [-0.4, -0.2) is 12.5 Å². The van der Waals surface area contributed by atoms with Gasteiger partial charge in [0.25, 0.3) is 5.91 Å². The lowest BCUT2D eigenvalue weighted by Crippen LogP contribution is -2.23. The number of aryl methyl sites for hydroxylation is 1. The lowest BCUT2D eigenvalue weighted by atomic mass is 10.1. The second-order valence-corrected chi connectivity index (χ2v) is 5.01. The summed E-state index contributed by atoms with van der Waals surface area (Å²) >= 11 is 0. The van der Waals surface area contributed by atoms with E-state index in [1.54, 1.807) is 6.07 Å². The van der Waals surface area contributed by atoms with Crippen LogP contribution in [0.5, 0.6) is 5.75 Å². The summed E-state index contributed by atoms with van der Waals surface area (Å²) in [4.78, 5) is 12.3. The Hall–Kier alpha value is -2.29. The highest BCUT2D eigenvalue weighted by atomic mass is 16.5. The van der Waals surface area contributed by atoms with Gasteiger partial charge in [-0.3, -0.25) is 4.79 Å². The third-order valence-corrected chi connectivity index (χ3v) is 3.17. The minimum Gasteiger partial charge on any atom is -0.493 e. The van der Waals surface area contributed by atoms with Crippen LogP contribution in [0, 0.1) is 6.92 Å². The highest BCUT2D eigenvalue weighted by Gasteiger charge is 2.11. The molecule has 0 heterocycles. The van der Waals surface area contributed by atoms with Gasteiger partial charge in [-0.05, 0) is 31.0 Å². The third-order valence-electron chi connectivity index (χ3n) is 3.17. The Morgan fingerprint density at radius 1 is 1.10 bits per heavy atom. The molecule has 0 saturated heterocycles. The molecule has 1 amide bonds. The Balaban J connectivity index is 2.01. The molecule has 21 heavy (non-hydrogen) atoms. The molecule has 110 valence electrons. The van der Waals surface area contributed by atoms with E-state index < -0.39 is 0 Å². The Labute approximate surface area is 126 Å². The molecular weight excluding hydrogens is 262 g/mol. The highest BCUT2D eigenvalue weighted by Crippen LogP contribution is 2.18. The summed E-state index contributed by atoms with van der Waals surface area (Å²) in [5.41, 5.74) is 2.88. The molecule has 0 atom stereocenters. The van der Waals surface area contributed by atoms with Crippen molar-refractivity contribution in [3.63, 3.8) is 0 Å². The molecule has 0 saturated carbocycles. The van der Waals surface area contributed by atoms with E-state index in [1.165, 1.54) is 5.56 Å². The molecule has 0 aliphatic rings. The van der Waals surface area contributed by atoms with E-state index in [0.29, 0.717) is 24.5 Å². The zero-order valence-electron chi connectivity index (χ0n) is 12.6. The predicted molar refractivity (Wildman–Crippen MR) is 84.6 cm³/mol. The highest BCUT2D eigenvalue weighted by molar-refractivity contribution is 5.96. The molecule has 0 radical (unpaired) electrons. The minimum atomic E-state index is -0.109. The number of amides is 1. The molecule has 0 fully saturated rings. The summed E-state index contributed by atoms with van der Waals surface area (Å²) in [6.07, 6.45) is 0.916. The Morgan fingerprint density at radius 2 is 1.81 bits per heavy atom. The summed E-state index contributed by atoms with van der Waals surface area (Å²) in [5, 5.41) is 2.93. The van der Waals surface area contributed by atoms with Crippen molar-refractivity contribution in [3.05, 3.63) is 65.2 Å². The second-order valence-electron chi connectivity index (χ2n) is 5.01. The first-order chi connectivity index (χ1) is 10.2. The van der Waals surface area contributed by atoms with Gasteiger partial charge in [-0.25, -0.2) is 0 Å². The smallest absolute Gasteiger partial charge is 0.255 e. The van der Waals surface area contributed by atoms with E-state index in [2.05, 4.69) is 5.32 Å². The zero-order chi connectivity index (χ0) is 15.1. The van der Waals surface area contributed by atoms with Gasteiger partial charge in [-0.1, -0.05) is 48.9 Å². The van der Waals surface area contributed by atoms with Crippen LogP contribution in [-0.2, 0) is 6.54 Å². The molecule has 3 nitrogen and oxygen atoms in total. The maximum absolute atomic E-state index is 12.3. The van der Waals surface area contributed by atoms with Gasteiger partial charge < -0.3 is 10.1 Å². The summed E-state index contributed by atoms with van der Waals surface area (Å²) in [6.45, 7) is 5.22. The first-order valence-corrected chi connectivity index (χ1v) is 7.26. The number of nitrogens with one attached hydrogen (secondary N) is 1. The summed E-state index contributed by atoms with van der Waals surface area (Å²) in [6, 6.07) is 15.5. The molecule has 0 aromatic heterocycles. The number of hydrogen-bond donors (Lipinski definition) is 1. The summed E-state index contributed by atoms with van der Waals surface area (Å²) in [5.74, 6) is 0.531. The van der Waals surface area contributed by atoms with Crippen LogP contribution < -0.4 is 10.1 Å². The van der Waals surface area contributed by atoms with E-state index >= 15 is 0 Å². The van der Waals surface area contributed by atoms with Crippen molar-refractivity contribution in [1.82, 2.24) is 5.32 Å². The van der Waals surface area contributed by atoms with Crippen LogP contribution in [0.3, 0.4) is 0 Å². The molecule has 0 bridgehead atoms. The van der Waals surface area contributed by atoms with E-state index in [0.717, 1.165) is 12.0 Å². The molecule has 3 heteroatoms. The number of benzene rings is 2. The average molecular weight is 283 g/mol. The van der Waals surface area contributed by atoms with E-state index in [1.807, 2.05) is 56.3 Å². The lowest BCUT2D eigenvalue weighted by molar-refractivity contribution is 0.0947. The van der Waals surface area contributed by atoms with Crippen LogP contribution in [0.25, 0.3) is 0 Å². The van der Waals surface area contributed by atoms with Gasteiger partial charge >= 0.3 is 0 Å². The number of ether oxygens (including phenoxy) is 1. The van der Waals surface area contributed by atoms with Crippen LogP contribution in [0.1, 0.15) is 34.8 Å². The van der Waals surface area contributed by atoms with E-state index in [-0.39, 0.29) is 5.91 Å². The quantitative estimate of drug-likeness (QED) is 0.877. The van der Waals surface area contributed by atoms with Crippen molar-refractivity contribution in [1.29, 1.82) is 0 Å². The van der Waals surface area contributed by atoms with Gasteiger partial charge in [0.15, 0.2) is 0 Å². The molecule has 2 aromatic rings. The Kier molecular flexibility index (Phi) is 5.38.